The van der Waals surface area contributed by atoms with Gasteiger partial charge in [0.05, 0.1) is 12.2 Å². The number of aryl methyl sites for hydroxylation is 1. The Kier molecular flexibility index (Phi) is 7.50. The Labute approximate surface area is 195 Å². The van der Waals surface area contributed by atoms with E-state index in [9.17, 15) is 17.6 Å². The Hall–Kier alpha value is -3.23. The molecule has 0 atom stereocenters. The molecule has 0 heterocycles. The van der Waals surface area contributed by atoms with Crippen LogP contribution in [0, 0.1) is 12.7 Å². The minimum atomic E-state index is -3.94. The van der Waals surface area contributed by atoms with Crippen LogP contribution in [0.5, 0.6) is 0 Å². The van der Waals surface area contributed by atoms with Gasteiger partial charge < -0.3 is 4.90 Å². The Balaban J connectivity index is 1.79. The van der Waals surface area contributed by atoms with Crippen LogP contribution < -0.4 is 4.31 Å². The molecule has 1 amide bonds. The van der Waals surface area contributed by atoms with Crippen molar-refractivity contribution in [2.75, 3.05) is 25.4 Å². The fourth-order valence-corrected chi connectivity index (χ4v) is 4.42. The van der Waals surface area contributed by atoms with Gasteiger partial charge in [-0.05, 0) is 42.3 Å². The van der Waals surface area contributed by atoms with E-state index in [4.69, 9.17) is 0 Å². The Morgan fingerprint density at radius 3 is 1.94 bits per heavy atom. The summed E-state index contributed by atoms with van der Waals surface area (Å²) >= 11 is 0. The highest BCUT2D eigenvalue weighted by molar-refractivity contribution is 7.90. The van der Waals surface area contributed by atoms with E-state index in [2.05, 4.69) is 0 Å². The van der Waals surface area contributed by atoms with Crippen LogP contribution in [0.4, 0.5) is 10.1 Å². The van der Waals surface area contributed by atoms with E-state index in [0.29, 0.717) is 17.7 Å². The summed E-state index contributed by atoms with van der Waals surface area (Å²) in [7, 11) is 0.592. The van der Waals surface area contributed by atoms with Crippen molar-refractivity contribution < 1.29 is 17.6 Å². The minimum absolute atomic E-state index is 0.0378. The second kappa shape index (κ2) is 10.1. The molecular weight excluding hydrogens is 441 g/mol. The van der Waals surface area contributed by atoms with Gasteiger partial charge in [-0.15, -0.1) is 0 Å². The Morgan fingerprint density at radius 2 is 1.36 bits per heavy atom. The van der Waals surface area contributed by atoms with Gasteiger partial charge in [0.25, 0.3) is 5.91 Å². The molecule has 0 saturated heterocycles. The average Bonchev–Trinajstić information content (AvgIpc) is 2.79. The number of halogens is 1. The molecule has 0 aliphatic heterocycles. The SMILES string of the molecule is Cc1ccc(CN(C)C(=O)c2ccc(CN(c3ccccc3F)S(=O)(=O)N(C)C)cc2)cc1. The maximum Gasteiger partial charge on any atom is 0.303 e. The van der Waals surface area contributed by atoms with Crippen molar-refractivity contribution in [1.82, 2.24) is 9.21 Å². The van der Waals surface area contributed by atoms with Crippen LogP contribution in [-0.4, -0.2) is 44.7 Å². The van der Waals surface area contributed by atoms with Gasteiger partial charge in [0.15, 0.2) is 0 Å². The third-order valence-corrected chi connectivity index (χ3v) is 7.08. The summed E-state index contributed by atoms with van der Waals surface area (Å²) in [5.41, 5.74) is 3.26. The topological polar surface area (TPSA) is 60.9 Å². The standard InChI is InChI=1S/C25H28FN3O3S/c1-19-9-11-20(12-10-19)17-28(4)25(30)22-15-13-21(14-16-22)18-29(33(31,32)27(2)3)24-8-6-5-7-23(24)26/h5-16H,17-18H2,1-4H3. The quantitative estimate of drug-likeness (QED) is 0.496. The molecule has 0 aliphatic rings. The number of benzene rings is 3. The van der Waals surface area contributed by atoms with Crippen molar-refractivity contribution in [1.29, 1.82) is 0 Å². The van der Waals surface area contributed by atoms with E-state index >= 15 is 0 Å². The number of nitrogens with zero attached hydrogens (tertiary/aromatic N) is 3. The molecule has 0 aliphatic carbocycles. The van der Waals surface area contributed by atoms with Crippen LogP contribution in [0.15, 0.2) is 72.8 Å². The molecule has 3 aromatic rings. The molecule has 0 spiro atoms. The molecular formula is C25H28FN3O3S. The normalized spacial score (nSPS) is 11.5. The number of hydrogen-bond donors (Lipinski definition) is 0. The van der Waals surface area contributed by atoms with Crippen LogP contribution in [0.2, 0.25) is 0 Å². The molecule has 6 nitrogen and oxygen atoms in total. The summed E-state index contributed by atoms with van der Waals surface area (Å²) in [5.74, 6) is -0.776. The van der Waals surface area contributed by atoms with Gasteiger partial charge in [-0.2, -0.15) is 12.7 Å². The van der Waals surface area contributed by atoms with Crippen molar-refractivity contribution in [2.24, 2.45) is 0 Å². The predicted octanol–water partition coefficient (Wildman–Crippen LogP) is 4.22. The molecule has 8 heteroatoms. The second-order valence-electron chi connectivity index (χ2n) is 8.09. The van der Waals surface area contributed by atoms with Crippen molar-refractivity contribution in [3.63, 3.8) is 0 Å². The highest BCUT2D eigenvalue weighted by atomic mass is 32.2. The first-order valence-electron chi connectivity index (χ1n) is 10.4. The third-order valence-electron chi connectivity index (χ3n) is 5.28. The first-order chi connectivity index (χ1) is 15.6. The molecule has 33 heavy (non-hydrogen) atoms. The highest BCUT2D eigenvalue weighted by Crippen LogP contribution is 2.25. The zero-order valence-electron chi connectivity index (χ0n) is 19.2. The van der Waals surface area contributed by atoms with Crippen LogP contribution >= 0.6 is 0 Å². The Bertz CT molecular complexity index is 1210. The van der Waals surface area contributed by atoms with Gasteiger partial charge in [-0.25, -0.2) is 4.39 Å². The fourth-order valence-electron chi connectivity index (χ4n) is 3.32. The van der Waals surface area contributed by atoms with Crippen LogP contribution in [-0.2, 0) is 23.3 Å². The monoisotopic (exact) mass is 469 g/mol. The Morgan fingerprint density at radius 1 is 0.818 bits per heavy atom. The zero-order chi connectivity index (χ0) is 24.2. The van der Waals surface area contributed by atoms with Crippen molar-refractivity contribution in [3.8, 4) is 0 Å². The van der Waals surface area contributed by atoms with E-state index in [-0.39, 0.29) is 18.1 Å². The van der Waals surface area contributed by atoms with Gasteiger partial charge in [-0.1, -0.05) is 54.1 Å². The zero-order valence-corrected chi connectivity index (χ0v) is 20.0. The van der Waals surface area contributed by atoms with Crippen molar-refractivity contribution in [2.45, 2.75) is 20.0 Å². The number of carbonyl (C=O) groups excluding carboxylic acids is 1. The van der Waals surface area contributed by atoms with E-state index in [1.165, 1.54) is 32.3 Å². The van der Waals surface area contributed by atoms with Gasteiger partial charge in [0, 0.05) is 33.3 Å². The van der Waals surface area contributed by atoms with Gasteiger partial charge in [-0.3, -0.25) is 9.10 Å². The number of amides is 1. The van der Waals surface area contributed by atoms with Gasteiger partial charge in [0.2, 0.25) is 0 Å². The highest BCUT2D eigenvalue weighted by Gasteiger charge is 2.27. The van der Waals surface area contributed by atoms with E-state index < -0.39 is 16.0 Å². The first kappa shape index (κ1) is 24.4. The molecule has 0 bridgehead atoms. The van der Waals surface area contributed by atoms with Crippen molar-refractivity contribution in [3.05, 3.63) is 101 Å². The van der Waals surface area contributed by atoms with Crippen molar-refractivity contribution >= 4 is 21.8 Å². The van der Waals surface area contributed by atoms with E-state index in [1.54, 1.807) is 42.3 Å². The molecule has 0 fully saturated rings. The maximum atomic E-state index is 14.4. The number of rotatable bonds is 8. The molecule has 174 valence electrons. The lowest BCUT2D eigenvalue weighted by Crippen LogP contribution is -2.40. The second-order valence-corrected chi connectivity index (χ2v) is 10.2. The maximum absolute atomic E-state index is 14.4. The van der Waals surface area contributed by atoms with Crippen LogP contribution in [0.3, 0.4) is 0 Å². The summed E-state index contributed by atoms with van der Waals surface area (Å²) in [4.78, 5) is 14.5. The molecule has 0 N–H and O–H groups in total. The van der Waals surface area contributed by atoms with Crippen LogP contribution in [0.25, 0.3) is 0 Å². The first-order valence-corrected chi connectivity index (χ1v) is 11.8. The lowest BCUT2D eigenvalue weighted by molar-refractivity contribution is 0.0785. The summed E-state index contributed by atoms with van der Waals surface area (Å²) in [6.45, 7) is 2.41. The molecule has 3 rings (SSSR count). The smallest absolute Gasteiger partial charge is 0.303 e. The van der Waals surface area contributed by atoms with E-state index in [1.807, 2.05) is 31.2 Å². The molecule has 3 aromatic carbocycles. The summed E-state index contributed by atoms with van der Waals surface area (Å²) in [6.07, 6.45) is 0. The number of para-hydroxylation sites is 1. The summed E-state index contributed by atoms with van der Waals surface area (Å²) < 4.78 is 42.2. The number of carbonyl (C=O) groups is 1. The summed E-state index contributed by atoms with van der Waals surface area (Å²) in [6, 6.07) is 20.4. The van der Waals surface area contributed by atoms with Gasteiger partial charge >= 0.3 is 10.2 Å². The molecule has 0 aromatic heterocycles. The largest absolute Gasteiger partial charge is 0.337 e. The predicted molar refractivity (Wildman–Crippen MR) is 129 cm³/mol. The fraction of sp³-hybridized carbons (Fsp3) is 0.240. The van der Waals surface area contributed by atoms with Crippen LogP contribution in [0.1, 0.15) is 27.0 Å². The van der Waals surface area contributed by atoms with Gasteiger partial charge in [0.1, 0.15) is 5.82 Å². The average molecular weight is 470 g/mol. The molecule has 0 saturated carbocycles. The lowest BCUT2D eigenvalue weighted by atomic mass is 10.1. The minimum Gasteiger partial charge on any atom is -0.337 e. The third kappa shape index (κ3) is 5.77. The summed E-state index contributed by atoms with van der Waals surface area (Å²) in [5, 5.41) is 0. The molecule has 0 radical (unpaired) electrons. The lowest BCUT2D eigenvalue weighted by Gasteiger charge is -2.28. The number of anilines is 1. The number of hydrogen-bond acceptors (Lipinski definition) is 3. The molecule has 0 unspecified atom stereocenters. The van der Waals surface area contributed by atoms with E-state index in [0.717, 1.165) is 19.7 Å².